The van der Waals surface area contributed by atoms with Gasteiger partial charge in [-0.3, -0.25) is 4.79 Å². The van der Waals surface area contributed by atoms with Gasteiger partial charge in [0.2, 0.25) is 0 Å². The third kappa shape index (κ3) is 4.47. The number of carbonyl (C=O) groups excluding carboxylic acids is 1. The Morgan fingerprint density at radius 1 is 0.947 bits per heavy atom. The molecular formula is C16H16O3. The molecule has 0 aliphatic rings. The number of esters is 1. The summed E-state index contributed by atoms with van der Waals surface area (Å²) in [6.45, 7) is 0.358. The highest BCUT2D eigenvalue weighted by molar-refractivity contribution is 5.72. The Hall–Kier alpha value is -2.29. The number of hydrogen-bond donors (Lipinski definition) is 1. The van der Waals surface area contributed by atoms with Gasteiger partial charge in [0.05, 0.1) is 13.0 Å². The molecule has 0 bridgehead atoms. The fraction of sp³-hybridized carbons (Fsp3) is 0.188. The van der Waals surface area contributed by atoms with E-state index in [4.69, 9.17) is 9.84 Å². The maximum Gasteiger partial charge on any atom is 0.310 e. The van der Waals surface area contributed by atoms with Gasteiger partial charge in [0.1, 0.15) is 5.75 Å². The second-order valence-corrected chi connectivity index (χ2v) is 4.30. The number of aromatic hydroxyl groups is 1. The first-order chi connectivity index (χ1) is 9.24. The van der Waals surface area contributed by atoms with E-state index in [1.165, 1.54) is 0 Å². The van der Waals surface area contributed by atoms with E-state index in [-0.39, 0.29) is 11.7 Å². The molecule has 2 aromatic rings. The molecule has 0 saturated heterocycles. The van der Waals surface area contributed by atoms with Crippen molar-refractivity contribution in [3.8, 4) is 5.75 Å². The number of ether oxygens (including phenoxy) is 1. The number of hydrogen-bond acceptors (Lipinski definition) is 3. The molecule has 0 aliphatic heterocycles. The lowest BCUT2D eigenvalue weighted by Crippen LogP contribution is -2.10. The quantitative estimate of drug-likeness (QED) is 0.837. The summed E-state index contributed by atoms with van der Waals surface area (Å²) in [6, 6.07) is 16.4. The highest BCUT2D eigenvalue weighted by atomic mass is 16.5. The van der Waals surface area contributed by atoms with E-state index in [1.54, 1.807) is 12.1 Å². The van der Waals surface area contributed by atoms with Crippen LogP contribution in [-0.4, -0.2) is 17.7 Å². The van der Waals surface area contributed by atoms with Crippen LogP contribution in [0.25, 0.3) is 0 Å². The molecular weight excluding hydrogens is 240 g/mol. The fourth-order valence-electron chi connectivity index (χ4n) is 1.76. The first kappa shape index (κ1) is 13.1. The average molecular weight is 256 g/mol. The monoisotopic (exact) mass is 256 g/mol. The third-order valence-electron chi connectivity index (χ3n) is 2.78. The van der Waals surface area contributed by atoms with E-state index in [1.807, 2.05) is 42.5 Å². The van der Waals surface area contributed by atoms with Crippen LogP contribution < -0.4 is 0 Å². The zero-order chi connectivity index (χ0) is 13.5. The molecule has 0 atom stereocenters. The number of phenolic OH excluding ortho intramolecular Hbond substituents is 1. The van der Waals surface area contributed by atoms with Crippen molar-refractivity contribution in [1.82, 2.24) is 0 Å². The van der Waals surface area contributed by atoms with E-state index < -0.39 is 0 Å². The van der Waals surface area contributed by atoms with Gasteiger partial charge in [0, 0.05) is 6.42 Å². The molecule has 1 N–H and O–H groups in total. The topological polar surface area (TPSA) is 46.5 Å². The minimum Gasteiger partial charge on any atom is -0.508 e. The van der Waals surface area contributed by atoms with Crippen molar-refractivity contribution in [3.63, 3.8) is 0 Å². The number of carbonyl (C=O) groups is 1. The van der Waals surface area contributed by atoms with Crippen LogP contribution in [0.15, 0.2) is 54.6 Å². The Kier molecular flexibility index (Phi) is 4.56. The number of phenols is 1. The van der Waals surface area contributed by atoms with Crippen LogP contribution in [0.5, 0.6) is 5.75 Å². The van der Waals surface area contributed by atoms with Crippen LogP contribution in [0.1, 0.15) is 11.1 Å². The lowest BCUT2D eigenvalue weighted by Gasteiger charge is -2.05. The normalized spacial score (nSPS) is 10.1. The van der Waals surface area contributed by atoms with E-state index in [9.17, 15) is 4.79 Å². The molecule has 0 fully saturated rings. The van der Waals surface area contributed by atoms with Crippen molar-refractivity contribution < 1.29 is 14.6 Å². The maximum absolute atomic E-state index is 11.6. The second-order valence-electron chi connectivity index (χ2n) is 4.30. The molecule has 98 valence electrons. The molecule has 3 heteroatoms. The van der Waals surface area contributed by atoms with Crippen LogP contribution in [0.4, 0.5) is 0 Å². The van der Waals surface area contributed by atoms with Crippen molar-refractivity contribution in [2.75, 3.05) is 6.61 Å². The summed E-state index contributed by atoms with van der Waals surface area (Å²) < 4.78 is 5.18. The molecule has 0 aromatic heterocycles. The minimum atomic E-state index is -0.218. The Bertz CT molecular complexity index is 517. The Labute approximate surface area is 112 Å². The summed E-state index contributed by atoms with van der Waals surface area (Å²) in [5, 5.41) is 9.15. The van der Waals surface area contributed by atoms with Crippen LogP contribution >= 0.6 is 0 Å². The molecule has 0 amide bonds. The SMILES string of the molecule is O=C(Cc1ccccc1)OCCc1ccc(O)cc1. The molecule has 0 radical (unpaired) electrons. The van der Waals surface area contributed by atoms with E-state index in [2.05, 4.69) is 0 Å². The summed E-state index contributed by atoms with van der Waals surface area (Å²) in [4.78, 5) is 11.6. The van der Waals surface area contributed by atoms with E-state index in [0.717, 1.165) is 11.1 Å². The standard InChI is InChI=1S/C16H16O3/c17-15-8-6-13(7-9-15)10-11-19-16(18)12-14-4-2-1-3-5-14/h1-9,17H,10-12H2. The Morgan fingerprint density at radius 3 is 2.32 bits per heavy atom. The van der Waals surface area contributed by atoms with E-state index in [0.29, 0.717) is 19.4 Å². The summed E-state index contributed by atoms with van der Waals surface area (Å²) in [5.74, 6) is 0.0230. The second kappa shape index (κ2) is 6.59. The smallest absolute Gasteiger partial charge is 0.310 e. The van der Waals surface area contributed by atoms with Gasteiger partial charge in [-0.1, -0.05) is 42.5 Å². The van der Waals surface area contributed by atoms with Crippen LogP contribution in [-0.2, 0) is 22.4 Å². The van der Waals surface area contributed by atoms with Gasteiger partial charge in [-0.2, -0.15) is 0 Å². The van der Waals surface area contributed by atoms with Gasteiger partial charge in [-0.25, -0.2) is 0 Å². The maximum atomic E-state index is 11.6. The van der Waals surface area contributed by atoms with E-state index >= 15 is 0 Å². The molecule has 0 saturated carbocycles. The molecule has 0 spiro atoms. The summed E-state index contributed by atoms with van der Waals surface area (Å²) in [7, 11) is 0. The van der Waals surface area contributed by atoms with Crippen LogP contribution in [0.3, 0.4) is 0 Å². The highest BCUT2D eigenvalue weighted by Gasteiger charge is 2.04. The lowest BCUT2D eigenvalue weighted by molar-refractivity contribution is -0.142. The number of rotatable bonds is 5. The zero-order valence-corrected chi connectivity index (χ0v) is 10.6. The average Bonchev–Trinajstić information content (AvgIpc) is 2.42. The Balaban J connectivity index is 1.74. The molecule has 2 aromatic carbocycles. The van der Waals surface area contributed by atoms with Gasteiger partial charge in [0.25, 0.3) is 0 Å². The largest absolute Gasteiger partial charge is 0.508 e. The summed E-state index contributed by atoms with van der Waals surface area (Å²) in [5.41, 5.74) is 1.99. The predicted molar refractivity (Wildman–Crippen MR) is 72.9 cm³/mol. The van der Waals surface area contributed by atoms with Gasteiger partial charge >= 0.3 is 5.97 Å². The van der Waals surface area contributed by atoms with Crippen molar-refractivity contribution >= 4 is 5.97 Å². The fourth-order valence-corrected chi connectivity index (χ4v) is 1.76. The molecule has 3 nitrogen and oxygen atoms in total. The van der Waals surface area contributed by atoms with Crippen molar-refractivity contribution in [2.45, 2.75) is 12.8 Å². The molecule has 0 unspecified atom stereocenters. The number of benzene rings is 2. The first-order valence-electron chi connectivity index (χ1n) is 6.21. The van der Waals surface area contributed by atoms with Crippen molar-refractivity contribution in [2.24, 2.45) is 0 Å². The molecule has 0 aliphatic carbocycles. The van der Waals surface area contributed by atoms with Gasteiger partial charge in [-0.05, 0) is 23.3 Å². The lowest BCUT2D eigenvalue weighted by atomic mass is 10.1. The highest BCUT2D eigenvalue weighted by Crippen LogP contribution is 2.10. The van der Waals surface area contributed by atoms with Gasteiger partial charge < -0.3 is 9.84 Å². The zero-order valence-electron chi connectivity index (χ0n) is 10.6. The molecule has 2 rings (SSSR count). The Morgan fingerprint density at radius 2 is 1.63 bits per heavy atom. The van der Waals surface area contributed by atoms with Gasteiger partial charge in [-0.15, -0.1) is 0 Å². The predicted octanol–water partition coefficient (Wildman–Crippen LogP) is 2.72. The minimum absolute atomic E-state index is 0.218. The third-order valence-corrected chi connectivity index (χ3v) is 2.78. The van der Waals surface area contributed by atoms with Crippen LogP contribution in [0, 0.1) is 0 Å². The van der Waals surface area contributed by atoms with Gasteiger partial charge in [0.15, 0.2) is 0 Å². The van der Waals surface area contributed by atoms with Crippen molar-refractivity contribution in [3.05, 3.63) is 65.7 Å². The molecule has 0 heterocycles. The van der Waals surface area contributed by atoms with Crippen LogP contribution in [0.2, 0.25) is 0 Å². The summed E-state index contributed by atoms with van der Waals surface area (Å²) in [6.07, 6.45) is 0.956. The molecule has 19 heavy (non-hydrogen) atoms. The summed E-state index contributed by atoms with van der Waals surface area (Å²) >= 11 is 0. The van der Waals surface area contributed by atoms with Crippen molar-refractivity contribution in [1.29, 1.82) is 0 Å². The first-order valence-corrected chi connectivity index (χ1v) is 6.21.